The number of hydrogen-bond acceptors (Lipinski definition) is 7. The number of thioether (sulfide) groups is 1. The molecule has 2 aromatic heterocycles. The fraction of sp³-hybridized carbons (Fsp3) is 0.316. The highest BCUT2D eigenvalue weighted by Crippen LogP contribution is 2.37. The Kier molecular flexibility index (Phi) is 7.72. The number of halogens is 1. The number of thiophene rings is 1. The van der Waals surface area contributed by atoms with Gasteiger partial charge < -0.3 is 15.2 Å². The SMILES string of the molecule is O=C(CCSc1ncnc2scc(-c3ccc(F)cc3)c12)NCCOCCO. The number of hydrogen-bond donors (Lipinski definition) is 2. The van der Waals surface area contributed by atoms with Gasteiger partial charge in [0.1, 0.15) is 22.0 Å². The molecule has 1 amide bonds. The number of rotatable bonds is 10. The normalized spacial score (nSPS) is 11.1. The van der Waals surface area contributed by atoms with E-state index in [0.29, 0.717) is 25.3 Å². The zero-order chi connectivity index (χ0) is 19.8. The van der Waals surface area contributed by atoms with Gasteiger partial charge in [0.25, 0.3) is 0 Å². The van der Waals surface area contributed by atoms with Gasteiger partial charge in [-0.3, -0.25) is 4.79 Å². The maximum absolute atomic E-state index is 13.2. The summed E-state index contributed by atoms with van der Waals surface area (Å²) in [7, 11) is 0. The van der Waals surface area contributed by atoms with Crippen LogP contribution in [-0.4, -0.2) is 53.1 Å². The molecular formula is C19H20FN3O3S2. The summed E-state index contributed by atoms with van der Waals surface area (Å²) in [6, 6.07) is 6.35. The van der Waals surface area contributed by atoms with Crippen molar-refractivity contribution in [3.63, 3.8) is 0 Å². The van der Waals surface area contributed by atoms with Crippen molar-refractivity contribution in [2.45, 2.75) is 11.4 Å². The van der Waals surface area contributed by atoms with Crippen LogP contribution >= 0.6 is 23.1 Å². The number of nitrogens with zero attached hydrogens (tertiary/aromatic N) is 2. The van der Waals surface area contributed by atoms with Crippen LogP contribution in [0.5, 0.6) is 0 Å². The molecule has 0 aliphatic rings. The molecular weight excluding hydrogens is 401 g/mol. The zero-order valence-electron chi connectivity index (χ0n) is 15.1. The van der Waals surface area contributed by atoms with Gasteiger partial charge in [-0.25, -0.2) is 14.4 Å². The first-order valence-electron chi connectivity index (χ1n) is 8.75. The molecule has 0 aliphatic heterocycles. The summed E-state index contributed by atoms with van der Waals surface area (Å²) in [5.74, 6) is 0.241. The van der Waals surface area contributed by atoms with Crippen molar-refractivity contribution in [3.05, 3.63) is 41.8 Å². The zero-order valence-corrected chi connectivity index (χ0v) is 16.7. The van der Waals surface area contributed by atoms with Crippen LogP contribution in [0.3, 0.4) is 0 Å². The van der Waals surface area contributed by atoms with E-state index in [0.717, 1.165) is 26.4 Å². The van der Waals surface area contributed by atoms with Gasteiger partial charge in [-0.15, -0.1) is 23.1 Å². The lowest BCUT2D eigenvalue weighted by atomic mass is 10.1. The highest BCUT2D eigenvalue weighted by atomic mass is 32.2. The van der Waals surface area contributed by atoms with Gasteiger partial charge in [0, 0.05) is 29.7 Å². The fourth-order valence-electron chi connectivity index (χ4n) is 2.56. The maximum atomic E-state index is 13.2. The lowest BCUT2D eigenvalue weighted by Gasteiger charge is -2.07. The van der Waals surface area contributed by atoms with Crippen LogP contribution in [-0.2, 0) is 9.53 Å². The Morgan fingerprint density at radius 1 is 1.25 bits per heavy atom. The van der Waals surface area contributed by atoms with Crippen molar-refractivity contribution in [1.82, 2.24) is 15.3 Å². The largest absolute Gasteiger partial charge is 0.394 e. The van der Waals surface area contributed by atoms with E-state index in [1.54, 1.807) is 12.1 Å². The quantitative estimate of drug-likeness (QED) is 0.297. The second kappa shape index (κ2) is 10.5. The number of aliphatic hydroxyl groups excluding tert-OH is 1. The Labute approximate surface area is 170 Å². The van der Waals surface area contributed by atoms with Gasteiger partial charge in [-0.2, -0.15) is 0 Å². The van der Waals surface area contributed by atoms with Gasteiger partial charge in [-0.05, 0) is 17.7 Å². The van der Waals surface area contributed by atoms with Crippen molar-refractivity contribution in [2.24, 2.45) is 0 Å². The van der Waals surface area contributed by atoms with Gasteiger partial charge in [0.2, 0.25) is 5.91 Å². The van der Waals surface area contributed by atoms with Crippen molar-refractivity contribution >= 4 is 39.2 Å². The predicted octanol–water partition coefficient (Wildman–Crippen LogP) is 3.10. The minimum Gasteiger partial charge on any atom is -0.394 e. The smallest absolute Gasteiger partial charge is 0.220 e. The first-order valence-corrected chi connectivity index (χ1v) is 10.6. The lowest BCUT2D eigenvalue weighted by Crippen LogP contribution is -2.27. The van der Waals surface area contributed by atoms with E-state index in [1.807, 2.05) is 5.38 Å². The van der Waals surface area contributed by atoms with Gasteiger partial charge in [-0.1, -0.05) is 12.1 Å². The first-order chi connectivity index (χ1) is 13.7. The van der Waals surface area contributed by atoms with E-state index < -0.39 is 0 Å². The van der Waals surface area contributed by atoms with Gasteiger partial charge in [0.05, 0.1) is 25.2 Å². The molecule has 9 heteroatoms. The van der Waals surface area contributed by atoms with Crippen LogP contribution in [0, 0.1) is 5.82 Å². The van der Waals surface area contributed by atoms with E-state index in [9.17, 15) is 9.18 Å². The summed E-state index contributed by atoms with van der Waals surface area (Å²) in [6.07, 6.45) is 1.88. The summed E-state index contributed by atoms with van der Waals surface area (Å²) in [5.41, 5.74) is 1.87. The summed E-state index contributed by atoms with van der Waals surface area (Å²) in [4.78, 5) is 21.5. The van der Waals surface area contributed by atoms with Crippen LogP contribution in [0.4, 0.5) is 4.39 Å². The van der Waals surface area contributed by atoms with E-state index in [1.165, 1.54) is 41.6 Å². The molecule has 3 rings (SSSR count). The lowest BCUT2D eigenvalue weighted by molar-refractivity contribution is -0.120. The maximum Gasteiger partial charge on any atom is 0.220 e. The summed E-state index contributed by atoms with van der Waals surface area (Å²) in [5, 5.41) is 15.1. The number of nitrogens with one attached hydrogen (secondary N) is 1. The molecule has 2 N–H and O–H groups in total. The number of benzene rings is 1. The predicted molar refractivity (Wildman–Crippen MR) is 109 cm³/mol. The molecule has 0 atom stereocenters. The third kappa shape index (κ3) is 5.48. The van der Waals surface area contributed by atoms with E-state index in [2.05, 4.69) is 15.3 Å². The van der Waals surface area contributed by atoms with Crippen LogP contribution in [0.25, 0.3) is 21.3 Å². The molecule has 1 aromatic carbocycles. The van der Waals surface area contributed by atoms with Crippen LogP contribution in [0.1, 0.15) is 6.42 Å². The minimum absolute atomic E-state index is 0.0273. The van der Waals surface area contributed by atoms with Crippen molar-refractivity contribution in [2.75, 3.05) is 32.1 Å². The number of carbonyl (C=O) groups is 1. The molecule has 0 radical (unpaired) electrons. The van der Waals surface area contributed by atoms with Crippen LogP contribution < -0.4 is 5.32 Å². The summed E-state index contributed by atoms with van der Waals surface area (Å²) >= 11 is 3.01. The highest BCUT2D eigenvalue weighted by molar-refractivity contribution is 7.99. The fourth-order valence-corrected chi connectivity index (χ4v) is 4.49. The Morgan fingerprint density at radius 2 is 2.07 bits per heavy atom. The number of ether oxygens (including phenoxy) is 1. The van der Waals surface area contributed by atoms with Gasteiger partial charge >= 0.3 is 0 Å². The van der Waals surface area contributed by atoms with Crippen molar-refractivity contribution in [1.29, 1.82) is 0 Å². The number of aliphatic hydroxyl groups is 1. The molecule has 0 saturated heterocycles. The van der Waals surface area contributed by atoms with Crippen molar-refractivity contribution < 1.29 is 19.0 Å². The number of amides is 1. The minimum atomic E-state index is -0.276. The molecule has 6 nitrogen and oxygen atoms in total. The second-order valence-corrected chi connectivity index (χ2v) is 7.74. The third-order valence-corrected chi connectivity index (χ3v) is 5.74. The third-order valence-electron chi connectivity index (χ3n) is 3.86. The molecule has 0 spiro atoms. The average Bonchev–Trinajstić information content (AvgIpc) is 3.13. The highest BCUT2D eigenvalue weighted by Gasteiger charge is 2.14. The average molecular weight is 422 g/mol. The Hall–Kier alpha value is -2.07. The van der Waals surface area contributed by atoms with E-state index in [4.69, 9.17) is 9.84 Å². The Balaban J connectivity index is 1.61. The molecule has 0 saturated carbocycles. The van der Waals surface area contributed by atoms with Gasteiger partial charge in [0.15, 0.2) is 0 Å². The van der Waals surface area contributed by atoms with Crippen LogP contribution in [0.15, 0.2) is 41.0 Å². The first kappa shape index (κ1) is 20.7. The molecule has 0 fully saturated rings. The molecule has 3 aromatic rings. The number of aromatic nitrogens is 2. The number of fused-ring (bicyclic) bond motifs is 1. The van der Waals surface area contributed by atoms with Crippen LogP contribution in [0.2, 0.25) is 0 Å². The molecule has 148 valence electrons. The molecule has 2 heterocycles. The Morgan fingerprint density at radius 3 is 2.86 bits per heavy atom. The summed E-state index contributed by atoms with van der Waals surface area (Å²) < 4.78 is 18.3. The second-order valence-electron chi connectivity index (χ2n) is 5.80. The van der Waals surface area contributed by atoms with E-state index >= 15 is 0 Å². The topological polar surface area (TPSA) is 84.3 Å². The molecule has 0 unspecified atom stereocenters. The molecule has 0 aliphatic carbocycles. The standard InChI is InChI=1S/C19H20FN3O3S2/c20-14-3-1-13(2-4-14)15-11-28-19-17(15)18(22-12-23-19)27-10-5-16(25)21-6-8-26-9-7-24/h1-4,11-12,24H,5-10H2,(H,21,25). The summed E-state index contributed by atoms with van der Waals surface area (Å²) in [6.45, 7) is 1.04. The molecule has 0 bridgehead atoms. The number of carbonyl (C=O) groups excluding carboxylic acids is 1. The van der Waals surface area contributed by atoms with Crippen molar-refractivity contribution in [3.8, 4) is 11.1 Å². The Bertz CT molecular complexity index is 918. The molecule has 28 heavy (non-hydrogen) atoms. The van der Waals surface area contributed by atoms with E-state index in [-0.39, 0.29) is 24.9 Å². The monoisotopic (exact) mass is 421 g/mol.